The van der Waals surface area contributed by atoms with Crippen LogP contribution in [0.3, 0.4) is 0 Å². The summed E-state index contributed by atoms with van der Waals surface area (Å²) in [6, 6.07) is 84.6. The lowest BCUT2D eigenvalue weighted by Gasteiger charge is -2.34. The first-order chi connectivity index (χ1) is 34.7. The summed E-state index contributed by atoms with van der Waals surface area (Å²) in [4.78, 5) is 13.3. The number of hydrogen-bond acceptors (Lipinski definition) is 5. The van der Waals surface area contributed by atoms with Gasteiger partial charge in [0.15, 0.2) is 11.5 Å². The average molecular weight is 898 g/mol. The fourth-order valence-corrected chi connectivity index (χ4v) is 10.0. The molecule has 4 heterocycles. The van der Waals surface area contributed by atoms with Gasteiger partial charge in [0.1, 0.15) is 0 Å². The van der Waals surface area contributed by atoms with Crippen molar-refractivity contribution >= 4 is 55.9 Å². The maximum atomic E-state index is 6.59. The van der Waals surface area contributed by atoms with Crippen molar-refractivity contribution in [3.63, 3.8) is 0 Å². The molecule has 0 saturated carbocycles. The van der Waals surface area contributed by atoms with Crippen LogP contribution in [0.4, 0.5) is 34.1 Å². The molecule has 0 saturated heterocycles. The molecule has 70 heavy (non-hydrogen) atoms. The molecule has 0 aliphatic carbocycles. The molecule has 0 atom stereocenters. The number of ether oxygens (including phenoxy) is 1. The van der Waals surface area contributed by atoms with Crippen molar-refractivity contribution in [1.82, 2.24) is 14.5 Å². The van der Waals surface area contributed by atoms with Crippen LogP contribution in [-0.4, -0.2) is 14.5 Å². The van der Waals surface area contributed by atoms with E-state index >= 15 is 0 Å². The number of benzene rings is 9. The highest BCUT2D eigenvalue weighted by Crippen LogP contribution is 2.52. The molecule has 0 unspecified atom stereocenters. The molecule has 0 bridgehead atoms. The Morgan fingerprint density at radius 3 is 1.20 bits per heavy atom. The molecule has 13 rings (SSSR count). The zero-order chi connectivity index (χ0) is 46.4. The molecule has 0 amide bonds. The van der Waals surface area contributed by atoms with Gasteiger partial charge in [0.2, 0.25) is 0 Å². The number of anilines is 6. The SMILES string of the molecule is c1ccc(-c2ccc3c(c2)c2cc(-c4ccccc4)ccc2n3-c2cc(N(c3ccc(-c4ccncc4)cc3)c3ccc(-c4ccncc4)cc3)cc(N3c4ccccc4Oc4ccccc43)c2)cc1. The van der Waals surface area contributed by atoms with Crippen LogP contribution >= 0.6 is 0 Å². The summed E-state index contributed by atoms with van der Waals surface area (Å²) in [5.74, 6) is 1.59. The number of pyridine rings is 2. The van der Waals surface area contributed by atoms with Crippen molar-refractivity contribution < 1.29 is 4.74 Å². The standard InChI is InChI=1S/C64H43N5O/c1-3-11-44(12-4-1)50-23-29-59-57(39-50)58-40-51(45-13-5-2-6-14-45)24-30-60(58)68(59)55-41-54(42-56(43-55)69-61-15-7-9-17-63(61)70-64-18-10-8-16-62(64)69)67(52-25-19-46(20-26-52)48-31-35-65-36-32-48)53-27-21-47(22-28-53)49-33-37-66-38-34-49/h1-43H. The lowest BCUT2D eigenvalue weighted by molar-refractivity contribution is 0.477. The molecule has 0 radical (unpaired) electrons. The molecular weight excluding hydrogens is 855 g/mol. The van der Waals surface area contributed by atoms with Gasteiger partial charge in [0, 0.05) is 46.9 Å². The van der Waals surface area contributed by atoms with E-state index < -0.39 is 0 Å². The van der Waals surface area contributed by atoms with E-state index in [2.05, 4.69) is 237 Å². The normalized spacial score (nSPS) is 11.8. The molecule has 6 heteroatoms. The van der Waals surface area contributed by atoms with Crippen LogP contribution in [0.5, 0.6) is 11.5 Å². The highest BCUT2D eigenvalue weighted by atomic mass is 16.5. The Hall–Kier alpha value is -9.52. The Labute approximate surface area is 406 Å². The predicted molar refractivity (Wildman–Crippen MR) is 288 cm³/mol. The van der Waals surface area contributed by atoms with E-state index in [1.165, 1.54) is 33.0 Å². The smallest absolute Gasteiger partial charge is 0.151 e. The maximum Gasteiger partial charge on any atom is 0.151 e. The third kappa shape index (κ3) is 7.32. The number of rotatable bonds is 9. The van der Waals surface area contributed by atoms with Crippen LogP contribution in [-0.2, 0) is 0 Å². The third-order valence-electron chi connectivity index (χ3n) is 13.4. The molecule has 6 nitrogen and oxygen atoms in total. The molecule has 0 N–H and O–H groups in total. The molecule has 3 aromatic heterocycles. The quantitative estimate of drug-likeness (QED) is 0.144. The van der Waals surface area contributed by atoms with Crippen LogP contribution < -0.4 is 14.5 Å². The number of hydrogen-bond donors (Lipinski definition) is 0. The number of fused-ring (bicyclic) bond motifs is 5. The second kappa shape index (κ2) is 17.3. The Morgan fingerprint density at radius 1 is 0.314 bits per heavy atom. The van der Waals surface area contributed by atoms with Crippen LogP contribution in [0.2, 0.25) is 0 Å². The number of aromatic nitrogens is 3. The first-order valence-electron chi connectivity index (χ1n) is 23.5. The van der Waals surface area contributed by atoms with Gasteiger partial charge in [-0.25, -0.2) is 0 Å². The van der Waals surface area contributed by atoms with Gasteiger partial charge in [-0.3, -0.25) is 9.97 Å². The lowest BCUT2D eigenvalue weighted by atomic mass is 10.0. The van der Waals surface area contributed by atoms with E-state index in [9.17, 15) is 0 Å². The lowest BCUT2D eigenvalue weighted by Crippen LogP contribution is -2.17. The third-order valence-corrected chi connectivity index (χ3v) is 13.4. The topological polar surface area (TPSA) is 46.4 Å². The van der Waals surface area contributed by atoms with Crippen LogP contribution in [0.1, 0.15) is 0 Å². The summed E-state index contributed by atoms with van der Waals surface area (Å²) < 4.78 is 9.03. The Kier molecular flexibility index (Phi) is 10.1. The zero-order valence-electron chi connectivity index (χ0n) is 38.0. The number of nitrogens with zero attached hydrogens (tertiary/aromatic N) is 5. The highest BCUT2D eigenvalue weighted by molar-refractivity contribution is 6.12. The zero-order valence-corrected chi connectivity index (χ0v) is 38.0. The van der Waals surface area contributed by atoms with E-state index in [0.29, 0.717) is 0 Å². The summed E-state index contributed by atoms with van der Waals surface area (Å²) in [7, 11) is 0. The van der Waals surface area contributed by atoms with E-state index in [1.807, 2.05) is 49.1 Å². The van der Waals surface area contributed by atoms with E-state index in [1.54, 1.807) is 0 Å². The average Bonchev–Trinajstić information content (AvgIpc) is 3.77. The van der Waals surface area contributed by atoms with Crippen molar-refractivity contribution in [3.05, 3.63) is 261 Å². The highest BCUT2D eigenvalue weighted by Gasteiger charge is 2.28. The number of para-hydroxylation sites is 4. The van der Waals surface area contributed by atoms with Gasteiger partial charge >= 0.3 is 0 Å². The van der Waals surface area contributed by atoms with E-state index in [4.69, 9.17) is 4.74 Å². The van der Waals surface area contributed by atoms with E-state index in [-0.39, 0.29) is 0 Å². The summed E-state index contributed by atoms with van der Waals surface area (Å²) in [6.07, 6.45) is 7.37. The van der Waals surface area contributed by atoms with Crippen molar-refractivity contribution in [3.8, 4) is 61.7 Å². The minimum absolute atomic E-state index is 0.794. The van der Waals surface area contributed by atoms with Crippen molar-refractivity contribution in [2.75, 3.05) is 9.80 Å². The van der Waals surface area contributed by atoms with Crippen molar-refractivity contribution in [2.45, 2.75) is 0 Å². The molecule has 9 aromatic carbocycles. The van der Waals surface area contributed by atoms with E-state index in [0.717, 1.165) is 84.6 Å². The molecule has 0 spiro atoms. The minimum atomic E-state index is 0.794. The monoisotopic (exact) mass is 897 g/mol. The summed E-state index contributed by atoms with van der Waals surface area (Å²) in [6.45, 7) is 0. The Morgan fingerprint density at radius 2 is 0.714 bits per heavy atom. The van der Waals surface area contributed by atoms with Gasteiger partial charge < -0.3 is 19.1 Å². The second-order valence-corrected chi connectivity index (χ2v) is 17.5. The molecular formula is C64H43N5O. The van der Waals surface area contributed by atoms with Gasteiger partial charge in [0.25, 0.3) is 0 Å². The fourth-order valence-electron chi connectivity index (χ4n) is 10.0. The summed E-state index contributed by atoms with van der Waals surface area (Å²) in [5.41, 5.74) is 18.3. The van der Waals surface area contributed by atoms with Gasteiger partial charge in [-0.15, -0.1) is 0 Å². The Balaban J connectivity index is 1.08. The van der Waals surface area contributed by atoms with Crippen molar-refractivity contribution in [2.24, 2.45) is 0 Å². The molecule has 1 aliphatic heterocycles. The van der Waals surface area contributed by atoms with Gasteiger partial charge in [-0.05, 0) is 160 Å². The maximum absolute atomic E-state index is 6.59. The predicted octanol–water partition coefficient (Wildman–Crippen LogP) is 17.3. The first-order valence-corrected chi connectivity index (χ1v) is 23.5. The largest absolute Gasteiger partial charge is 0.453 e. The molecule has 330 valence electrons. The molecule has 1 aliphatic rings. The van der Waals surface area contributed by atoms with Crippen LogP contribution in [0.15, 0.2) is 261 Å². The Bertz CT molecular complexity index is 3610. The van der Waals surface area contributed by atoms with Gasteiger partial charge in [-0.2, -0.15) is 0 Å². The minimum Gasteiger partial charge on any atom is -0.453 e. The molecule has 12 aromatic rings. The van der Waals surface area contributed by atoms with Gasteiger partial charge in [0.05, 0.1) is 39.5 Å². The molecule has 0 fully saturated rings. The van der Waals surface area contributed by atoms with Gasteiger partial charge in [-0.1, -0.05) is 121 Å². The van der Waals surface area contributed by atoms with Crippen LogP contribution in [0.25, 0.3) is 72.0 Å². The summed E-state index contributed by atoms with van der Waals surface area (Å²) in [5, 5.41) is 2.36. The fraction of sp³-hybridized carbons (Fsp3) is 0. The summed E-state index contributed by atoms with van der Waals surface area (Å²) >= 11 is 0. The second-order valence-electron chi connectivity index (χ2n) is 17.5. The van der Waals surface area contributed by atoms with Crippen molar-refractivity contribution in [1.29, 1.82) is 0 Å². The van der Waals surface area contributed by atoms with Crippen LogP contribution in [0, 0.1) is 0 Å². The first kappa shape index (κ1) is 40.7.